The Bertz CT molecular complexity index is 997. The highest BCUT2D eigenvalue weighted by Gasteiger charge is 2.13. The summed E-state index contributed by atoms with van der Waals surface area (Å²) in [4.78, 5) is 12.3. The topological polar surface area (TPSA) is 109 Å². The molecule has 8 nitrogen and oxygen atoms in total. The molecule has 0 aliphatic carbocycles. The second-order valence-electron chi connectivity index (χ2n) is 5.73. The number of ether oxygens (including phenoxy) is 2. The van der Waals surface area contributed by atoms with Crippen molar-refractivity contribution in [3.05, 3.63) is 59.8 Å². The summed E-state index contributed by atoms with van der Waals surface area (Å²) in [7, 11) is 1.58. The van der Waals surface area contributed by atoms with Crippen molar-refractivity contribution in [1.82, 2.24) is 15.6 Å². The lowest BCUT2D eigenvalue weighted by molar-refractivity contribution is 0.0950. The monoisotopic (exact) mass is 380 g/mol. The summed E-state index contributed by atoms with van der Waals surface area (Å²) in [5.41, 5.74) is 4.73. The van der Waals surface area contributed by atoms with Crippen molar-refractivity contribution >= 4 is 12.1 Å². The highest BCUT2D eigenvalue weighted by atomic mass is 16.5. The summed E-state index contributed by atoms with van der Waals surface area (Å²) < 4.78 is 10.6. The Hall–Kier alpha value is -3.81. The Labute approximate surface area is 161 Å². The third-order valence-corrected chi connectivity index (χ3v) is 3.87. The fourth-order valence-electron chi connectivity index (χ4n) is 2.54. The lowest BCUT2D eigenvalue weighted by atomic mass is 10.1. The van der Waals surface area contributed by atoms with Crippen molar-refractivity contribution in [3.63, 3.8) is 0 Å². The number of hydrazone groups is 1. The van der Waals surface area contributed by atoms with Crippen LogP contribution in [-0.2, 0) is 0 Å². The number of carbonyl (C=O) groups is 1. The molecule has 0 spiro atoms. The molecule has 28 heavy (non-hydrogen) atoms. The van der Waals surface area contributed by atoms with Crippen LogP contribution in [0.15, 0.2) is 53.6 Å². The largest absolute Gasteiger partial charge is 0.504 e. The Balaban J connectivity index is 1.68. The number of benzene rings is 2. The first-order valence-corrected chi connectivity index (χ1v) is 8.60. The van der Waals surface area contributed by atoms with Crippen LogP contribution < -0.4 is 14.9 Å². The number of phenolic OH excluding ortho intramolecular Hbond substituents is 1. The average Bonchev–Trinajstić information content (AvgIpc) is 3.20. The summed E-state index contributed by atoms with van der Waals surface area (Å²) >= 11 is 0. The molecular formula is C20H20N4O4. The summed E-state index contributed by atoms with van der Waals surface area (Å²) in [6.45, 7) is 2.25. The van der Waals surface area contributed by atoms with E-state index < -0.39 is 5.91 Å². The second kappa shape index (κ2) is 8.72. The average molecular weight is 380 g/mol. The lowest BCUT2D eigenvalue weighted by Gasteiger charge is -2.05. The highest BCUT2D eigenvalue weighted by Crippen LogP contribution is 2.28. The van der Waals surface area contributed by atoms with Gasteiger partial charge in [-0.05, 0) is 48.9 Å². The zero-order valence-corrected chi connectivity index (χ0v) is 15.5. The first kappa shape index (κ1) is 19.0. The molecule has 1 aromatic heterocycles. The molecule has 0 atom stereocenters. The number of nitrogens with one attached hydrogen (secondary N) is 2. The Morgan fingerprint density at radius 3 is 2.86 bits per heavy atom. The molecule has 0 fully saturated rings. The fraction of sp³-hybridized carbons (Fsp3) is 0.150. The highest BCUT2D eigenvalue weighted by molar-refractivity contribution is 5.94. The third kappa shape index (κ3) is 4.29. The smallest absolute Gasteiger partial charge is 0.289 e. The lowest BCUT2D eigenvalue weighted by Crippen LogP contribution is -2.18. The van der Waals surface area contributed by atoms with E-state index in [4.69, 9.17) is 9.47 Å². The van der Waals surface area contributed by atoms with E-state index in [2.05, 4.69) is 20.7 Å². The van der Waals surface area contributed by atoms with Gasteiger partial charge in [-0.15, -0.1) is 0 Å². The number of carbonyl (C=O) groups excluding carboxylic acids is 1. The second-order valence-corrected chi connectivity index (χ2v) is 5.73. The van der Waals surface area contributed by atoms with Gasteiger partial charge in [0, 0.05) is 5.56 Å². The van der Waals surface area contributed by atoms with E-state index in [1.54, 1.807) is 25.3 Å². The van der Waals surface area contributed by atoms with Crippen LogP contribution in [-0.4, -0.2) is 41.1 Å². The number of hydrogen-bond donors (Lipinski definition) is 3. The zero-order valence-electron chi connectivity index (χ0n) is 15.5. The van der Waals surface area contributed by atoms with Gasteiger partial charge in [-0.25, -0.2) is 5.43 Å². The SMILES string of the molecule is CCOc1cc(/C=N\NC(=O)c2cc(-c3ccccc3OC)n[nH]2)ccc1O. The van der Waals surface area contributed by atoms with Crippen molar-refractivity contribution in [3.8, 4) is 28.5 Å². The molecule has 3 aromatic rings. The number of aromatic hydroxyl groups is 1. The molecule has 0 aliphatic heterocycles. The van der Waals surface area contributed by atoms with Crippen LogP contribution >= 0.6 is 0 Å². The van der Waals surface area contributed by atoms with Gasteiger partial charge in [-0.3, -0.25) is 9.89 Å². The maximum atomic E-state index is 12.3. The van der Waals surface area contributed by atoms with Crippen LogP contribution in [0.4, 0.5) is 0 Å². The van der Waals surface area contributed by atoms with Gasteiger partial charge < -0.3 is 14.6 Å². The number of hydrogen-bond acceptors (Lipinski definition) is 6. The van der Waals surface area contributed by atoms with Gasteiger partial charge in [0.1, 0.15) is 11.4 Å². The number of methoxy groups -OCH3 is 1. The molecule has 0 saturated carbocycles. The fourth-order valence-corrected chi connectivity index (χ4v) is 2.54. The van der Waals surface area contributed by atoms with E-state index in [1.165, 1.54) is 12.3 Å². The predicted octanol–water partition coefficient (Wildman–Crippen LogP) is 2.95. The summed E-state index contributed by atoms with van der Waals surface area (Å²) in [6, 6.07) is 13.8. The molecule has 0 aliphatic rings. The van der Waals surface area contributed by atoms with Crippen LogP contribution in [0.5, 0.6) is 17.2 Å². The summed E-state index contributed by atoms with van der Waals surface area (Å²) in [5.74, 6) is 0.627. The predicted molar refractivity (Wildman–Crippen MR) is 105 cm³/mol. The molecule has 0 bridgehead atoms. The zero-order chi connectivity index (χ0) is 19.9. The van der Waals surface area contributed by atoms with Gasteiger partial charge in [-0.1, -0.05) is 12.1 Å². The van der Waals surface area contributed by atoms with Gasteiger partial charge >= 0.3 is 0 Å². The standard InChI is InChI=1S/C20H20N4O4/c1-3-28-19-10-13(8-9-17(19)25)12-21-24-20(26)16-11-15(22-23-16)14-6-4-5-7-18(14)27-2/h4-12,25H,3H2,1-2H3,(H,22,23)(H,24,26)/b21-12-. The van der Waals surface area contributed by atoms with E-state index in [0.29, 0.717) is 29.4 Å². The minimum absolute atomic E-state index is 0.0457. The van der Waals surface area contributed by atoms with E-state index in [0.717, 1.165) is 5.56 Å². The van der Waals surface area contributed by atoms with Crippen molar-refractivity contribution in [2.45, 2.75) is 6.92 Å². The van der Waals surface area contributed by atoms with Crippen LogP contribution in [0.25, 0.3) is 11.3 Å². The van der Waals surface area contributed by atoms with E-state index in [-0.39, 0.29) is 11.4 Å². The van der Waals surface area contributed by atoms with Crippen molar-refractivity contribution in [2.75, 3.05) is 13.7 Å². The van der Waals surface area contributed by atoms with Crippen molar-refractivity contribution in [1.29, 1.82) is 0 Å². The third-order valence-electron chi connectivity index (χ3n) is 3.87. The molecule has 8 heteroatoms. The number of amides is 1. The van der Waals surface area contributed by atoms with Gasteiger partial charge in [0.05, 0.1) is 25.6 Å². The number of aromatic nitrogens is 2. The molecule has 1 heterocycles. The minimum atomic E-state index is -0.436. The normalized spacial score (nSPS) is 10.8. The van der Waals surface area contributed by atoms with Crippen molar-refractivity contribution < 1.29 is 19.4 Å². The molecule has 3 N–H and O–H groups in total. The van der Waals surface area contributed by atoms with Crippen LogP contribution in [0, 0.1) is 0 Å². The maximum absolute atomic E-state index is 12.3. The molecule has 0 unspecified atom stereocenters. The minimum Gasteiger partial charge on any atom is -0.504 e. The molecular weight excluding hydrogens is 360 g/mol. The quantitative estimate of drug-likeness (QED) is 0.431. The van der Waals surface area contributed by atoms with Gasteiger partial charge in [0.15, 0.2) is 11.5 Å². The molecule has 0 saturated heterocycles. The number of nitrogens with zero attached hydrogens (tertiary/aromatic N) is 2. The van der Waals surface area contributed by atoms with Gasteiger partial charge in [0.25, 0.3) is 5.91 Å². The number of rotatable bonds is 7. The maximum Gasteiger partial charge on any atom is 0.289 e. The first-order chi connectivity index (χ1) is 13.6. The van der Waals surface area contributed by atoms with E-state index in [1.807, 2.05) is 31.2 Å². The van der Waals surface area contributed by atoms with Crippen molar-refractivity contribution in [2.24, 2.45) is 5.10 Å². The molecule has 2 aromatic carbocycles. The number of phenols is 1. The van der Waals surface area contributed by atoms with Crippen LogP contribution in [0.1, 0.15) is 23.0 Å². The molecule has 3 rings (SSSR count). The van der Waals surface area contributed by atoms with E-state index in [9.17, 15) is 9.90 Å². The number of H-pyrrole nitrogens is 1. The number of aromatic amines is 1. The van der Waals surface area contributed by atoms with Gasteiger partial charge in [0.2, 0.25) is 0 Å². The Morgan fingerprint density at radius 2 is 2.07 bits per heavy atom. The first-order valence-electron chi connectivity index (χ1n) is 8.60. The van der Waals surface area contributed by atoms with Crippen LogP contribution in [0.3, 0.4) is 0 Å². The van der Waals surface area contributed by atoms with Crippen LogP contribution in [0.2, 0.25) is 0 Å². The molecule has 144 valence electrons. The molecule has 1 amide bonds. The summed E-state index contributed by atoms with van der Waals surface area (Å²) in [6.07, 6.45) is 1.46. The number of para-hydroxylation sites is 1. The molecule has 0 radical (unpaired) electrons. The Morgan fingerprint density at radius 1 is 1.25 bits per heavy atom. The Kier molecular flexibility index (Phi) is 5.91. The van der Waals surface area contributed by atoms with Gasteiger partial charge in [-0.2, -0.15) is 10.2 Å². The summed E-state index contributed by atoms with van der Waals surface area (Å²) in [5, 5.41) is 20.5. The van der Waals surface area contributed by atoms with E-state index >= 15 is 0 Å².